The molecule has 0 unspecified atom stereocenters. The van der Waals surface area contributed by atoms with Gasteiger partial charge in [-0.05, 0) is 49.4 Å². The molecule has 4 aromatic rings. The lowest BCUT2D eigenvalue weighted by Gasteiger charge is -2.06. The Balaban J connectivity index is 1.95. The van der Waals surface area contributed by atoms with Gasteiger partial charge in [0.25, 0.3) is 0 Å². The third-order valence-corrected chi connectivity index (χ3v) is 4.79. The van der Waals surface area contributed by atoms with Crippen molar-refractivity contribution in [1.29, 1.82) is 0 Å². The van der Waals surface area contributed by atoms with Crippen LogP contribution in [0.3, 0.4) is 0 Å². The van der Waals surface area contributed by atoms with E-state index in [2.05, 4.69) is 9.97 Å². The quantitative estimate of drug-likeness (QED) is 0.445. The molecule has 0 spiro atoms. The number of methoxy groups -OCH3 is 2. The van der Waals surface area contributed by atoms with Crippen LogP contribution in [0.1, 0.15) is 5.76 Å². The third-order valence-electron chi connectivity index (χ3n) is 4.79. The summed E-state index contributed by atoms with van der Waals surface area (Å²) in [4.78, 5) is 20.0. The van der Waals surface area contributed by atoms with Gasteiger partial charge >= 0.3 is 0 Å². The number of imidazole rings is 1. The minimum absolute atomic E-state index is 0.00395. The lowest BCUT2D eigenvalue weighted by Crippen LogP contribution is -2.01. The predicted molar refractivity (Wildman–Crippen MR) is 115 cm³/mol. The first-order valence-electron chi connectivity index (χ1n) is 9.37. The Bertz CT molecular complexity index is 1300. The van der Waals surface area contributed by atoms with Gasteiger partial charge in [0.1, 0.15) is 28.7 Å². The second-order valence-corrected chi connectivity index (χ2v) is 6.82. The molecule has 3 N–H and O–H groups in total. The molecule has 0 saturated carbocycles. The summed E-state index contributed by atoms with van der Waals surface area (Å²) in [5.74, 6) is 1.21. The van der Waals surface area contributed by atoms with Gasteiger partial charge in [-0.2, -0.15) is 0 Å². The monoisotopic (exact) mass is 420 g/mol. The number of phenolic OH excluding ortho intramolecular Hbond substituents is 1. The molecule has 2 aromatic carbocycles. The number of H-pyrrole nitrogens is 1. The number of aromatic hydroxyl groups is 2. The fraction of sp³-hybridized carbons (Fsp3) is 0.130. The zero-order valence-electron chi connectivity index (χ0n) is 17.1. The average Bonchev–Trinajstić information content (AvgIpc) is 3.21. The van der Waals surface area contributed by atoms with Crippen LogP contribution < -0.4 is 14.9 Å². The van der Waals surface area contributed by atoms with Crippen LogP contribution >= 0.6 is 0 Å². The maximum Gasteiger partial charge on any atom is 0.227 e. The van der Waals surface area contributed by atoms with Crippen LogP contribution in [0.15, 0.2) is 57.7 Å². The number of benzene rings is 2. The van der Waals surface area contributed by atoms with E-state index in [0.717, 1.165) is 0 Å². The van der Waals surface area contributed by atoms with Crippen LogP contribution in [0.4, 0.5) is 0 Å². The van der Waals surface area contributed by atoms with E-state index in [1.165, 1.54) is 19.2 Å². The van der Waals surface area contributed by atoms with Gasteiger partial charge in [-0.25, -0.2) is 4.98 Å². The van der Waals surface area contributed by atoms with Gasteiger partial charge in [0.15, 0.2) is 17.3 Å². The molecule has 158 valence electrons. The zero-order chi connectivity index (χ0) is 22.1. The van der Waals surface area contributed by atoms with E-state index in [9.17, 15) is 15.0 Å². The third kappa shape index (κ3) is 3.71. The summed E-state index contributed by atoms with van der Waals surface area (Å²) < 4.78 is 16.1. The van der Waals surface area contributed by atoms with Gasteiger partial charge in [-0.3, -0.25) is 4.79 Å². The van der Waals surface area contributed by atoms with E-state index in [-0.39, 0.29) is 17.3 Å². The number of hydrogen-bond acceptors (Lipinski definition) is 7. The summed E-state index contributed by atoms with van der Waals surface area (Å²) >= 11 is 0. The van der Waals surface area contributed by atoms with E-state index in [4.69, 9.17) is 13.9 Å². The minimum Gasteiger partial charge on any atom is -0.504 e. The van der Waals surface area contributed by atoms with Crippen molar-refractivity contribution in [3.63, 3.8) is 0 Å². The van der Waals surface area contributed by atoms with E-state index in [1.807, 2.05) is 12.1 Å². The Morgan fingerprint density at radius 2 is 1.68 bits per heavy atom. The first kappa shape index (κ1) is 20.1. The van der Waals surface area contributed by atoms with Crippen molar-refractivity contribution < 1.29 is 24.1 Å². The highest BCUT2D eigenvalue weighted by Crippen LogP contribution is 2.38. The van der Waals surface area contributed by atoms with Crippen LogP contribution in [0.5, 0.6) is 23.0 Å². The second-order valence-electron chi connectivity index (χ2n) is 6.82. The largest absolute Gasteiger partial charge is 0.504 e. The molecule has 0 aliphatic rings. The smallest absolute Gasteiger partial charge is 0.227 e. The van der Waals surface area contributed by atoms with Gasteiger partial charge in [0, 0.05) is 17.2 Å². The molecule has 0 amide bonds. The molecule has 8 heteroatoms. The lowest BCUT2D eigenvalue weighted by molar-refractivity contribution is 0.373. The molecule has 0 saturated heterocycles. The molecule has 2 heterocycles. The Morgan fingerprint density at radius 1 is 0.968 bits per heavy atom. The SMILES string of the molecule is COc1ccc(-c2nc(-c3ccc(O)c(OC)c3)[nH]c2-c2oc(C)cc(=O)c2O)cc1. The Kier molecular flexibility index (Phi) is 5.12. The summed E-state index contributed by atoms with van der Waals surface area (Å²) in [7, 11) is 3.03. The molecular formula is C23H20N2O6. The molecular weight excluding hydrogens is 400 g/mol. The highest BCUT2D eigenvalue weighted by atomic mass is 16.5. The number of aromatic amines is 1. The van der Waals surface area contributed by atoms with Crippen molar-refractivity contribution in [3.8, 4) is 57.1 Å². The number of phenols is 1. The number of nitrogens with zero attached hydrogens (tertiary/aromatic N) is 1. The number of nitrogens with one attached hydrogen (secondary N) is 1. The van der Waals surface area contributed by atoms with E-state index < -0.39 is 11.2 Å². The van der Waals surface area contributed by atoms with Gasteiger partial charge < -0.3 is 29.1 Å². The molecule has 4 rings (SSSR count). The molecule has 31 heavy (non-hydrogen) atoms. The van der Waals surface area contributed by atoms with Crippen LogP contribution in [-0.2, 0) is 0 Å². The maximum atomic E-state index is 12.2. The normalized spacial score (nSPS) is 10.8. The van der Waals surface area contributed by atoms with Gasteiger partial charge in [-0.15, -0.1) is 0 Å². The van der Waals surface area contributed by atoms with E-state index in [1.54, 1.807) is 38.3 Å². The Morgan fingerprint density at radius 3 is 2.35 bits per heavy atom. The standard InChI is InChI=1S/C23H20N2O6/c1-12-10-17(27)21(28)22(31-12)20-19(13-4-7-15(29-2)8-5-13)24-23(25-20)14-6-9-16(26)18(11-14)30-3/h4-11,26,28H,1-3H3,(H,24,25). The number of rotatable bonds is 5. The summed E-state index contributed by atoms with van der Waals surface area (Å²) in [5.41, 5.74) is 1.60. The van der Waals surface area contributed by atoms with Crippen molar-refractivity contribution in [2.45, 2.75) is 6.92 Å². The van der Waals surface area contributed by atoms with E-state index in [0.29, 0.717) is 39.8 Å². The Hall–Kier alpha value is -4.20. The minimum atomic E-state index is -0.554. The first-order chi connectivity index (χ1) is 14.9. The summed E-state index contributed by atoms with van der Waals surface area (Å²) in [6.45, 7) is 1.62. The fourth-order valence-corrected chi connectivity index (χ4v) is 3.23. The average molecular weight is 420 g/mol. The zero-order valence-corrected chi connectivity index (χ0v) is 17.1. The van der Waals surface area contributed by atoms with Crippen LogP contribution in [-0.4, -0.2) is 34.4 Å². The van der Waals surface area contributed by atoms with Crippen molar-refractivity contribution in [3.05, 3.63) is 64.5 Å². The van der Waals surface area contributed by atoms with Crippen LogP contribution in [0, 0.1) is 6.92 Å². The van der Waals surface area contributed by atoms with E-state index >= 15 is 0 Å². The molecule has 0 radical (unpaired) electrons. The second kappa shape index (κ2) is 7.91. The number of aromatic nitrogens is 2. The van der Waals surface area contributed by atoms with Crippen LogP contribution in [0.25, 0.3) is 34.1 Å². The molecule has 0 bridgehead atoms. The molecule has 0 fully saturated rings. The highest BCUT2D eigenvalue weighted by Gasteiger charge is 2.22. The van der Waals surface area contributed by atoms with Crippen molar-refractivity contribution in [2.24, 2.45) is 0 Å². The lowest BCUT2D eigenvalue weighted by atomic mass is 10.1. The summed E-state index contributed by atoms with van der Waals surface area (Å²) in [6, 6.07) is 13.2. The number of hydrogen-bond donors (Lipinski definition) is 3. The topological polar surface area (TPSA) is 118 Å². The van der Waals surface area contributed by atoms with Crippen molar-refractivity contribution in [2.75, 3.05) is 14.2 Å². The highest BCUT2D eigenvalue weighted by molar-refractivity contribution is 5.81. The van der Waals surface area contributed by atoms with Gasteiger partial charge in [0.2, 0.25) is 11.2 Å². The van der Waals surface area contributed by atoms with Crippen LogP contribution in [0.2, 0.25) is 0 Å². The van der Waals surface area contributed by atoms with Crippen molar-refractivity contribution in [1.82, 2.24) is 9.97 Å². The maximum absolute atomic E-state index is 12.2. The first-order valence-corrected chi connectivity index (χ1v) is 9.37. The predicted octanol–water partition coefficient (Wildman–Crippen LogP) is 4.10. The number of ether oxygens (including phenoxy) is 2. The van der Waals surface area contributed by atoms with Gasteiger partial charge in [0.05, 0.1) is 14.2 Å². The Labute approximate surface area is 177 Å². The number of aryl methyl sites for hydroxylation is 1. The molecule has 0 aliphatic carbocycles. The fourth-order valence-electron chi connectivity index (χ4n) is 3.23. The molecule has 2 aromatic heterocycles. The molecule has 8 nitrogen and oxygen atoms in total. The van der Waals surface area contributed by atoms with Crippen molar-refractivity contribution >= 4 is 0 Å². The summed E-state index contributed by atoms with van der Waals surface area (Å²) in [5, 5.41) is 20.3. The van der Waals surface area contributed by atoms with Gasteiger partial charge in [-0.1, -0.05) is 0 Å². The molecule has 0 aliphatic heterocycles. The summed E-state index contributed by atoms with van der Waals surface area (Å²) in [6.07, 6.45) is 0. The molecule has 0 atom stereocenters.